The number of nitrogens with zero attached hydrogens (tertiary/aromatic N) is 4. The summed E-state index contributed by atoms with van der Waals surface area (Å²) in [5.74, 6) is 0.879. The van der Waals surface area contributed by atoms with E-state index in [-0.39, 0.29) is 23.4 Å². The van der Waals surface area contributed by atoms with E-state index in [0.717, 1.165) is 28.6 Å². The third-order valence-corrected chi connectivity index (χ3v) is 5.40. The highest BCUT2D eigenvalue weighted by Crippen LogP contribution is 2.36. The standard InChI is InChI=1S/C24H24N8O4/c1-13-9-18(20(36-4)11-17(13)15-5-7-16(8-6-15)23(33)25-3)27-24-26-12-19(32(34)35)22(29-24)28-21-10-14(2)30-31-21/h5-12H,1-4H3,(H,25,33)(H3,26,27,28,29,30,31). The third kappa shape index (κ3) is 5.06. The van der Waals surface area contributed by atoms with Gasteiger partial charge < -0.3 is 20.7 Å². The van der Waals surface area contributed by atoms with Crippen molar-refractivity contribution < 1.29 is 14.5 Å². The number of rotatable bonds is 8. The molecule has 0 atom stereocenters. The summed E-state index contributed by atoms with van der Waals surface area (Å²) in [5, 5.41) is 26.8. The van der Waals surface area contributed by atoms with Gasteiger partial charge in [0.15, 0.2) is 5.82 Å². The first-order valence-corrected chi connectivity index (χ1v) is 10.9. The van der Waals surface area contributed by atoms with Crippen molar-refractivity contribution in [2.45, 2.75) is 13.8 Å². The van der Waals surface area contributed by atoms with Crippen molar-refractivity contribution in [2.75, 3.05) is 24.8 Å². The topological polar surface area (TPSA) is 160 Å². The SMILES string of the molecule is CNC(=O)c1ccc(-c2cc(OC)c(Nc3ncc([N+](=O)[O-])c(Nc4cc(C)[nH]n4)n3)cc2C)cc1. The van der Waals surface area contributed by atoms with Gasteiger partial charge in [0.05, 0.1) is 17.7 Å². The number of carbonyl (C=O) groups is 1. The maximum Gasteiger partial charge on any atom is 0.330 e. The van der Waals surface area contributed by atoms with Crippen molar-refractivity contribution >= 4 is 34.9 Å². The van der Waals surface area contributed by atoms with Gasteiger partial charge in [-0.2, -0.15) is 10.1 Å². The number of ether oxygens (including phenoxy) is 1. The molecular weight excluding hydrogens is 464 g/mol. The molecular formula is C24H24N8O4. The molecule has 36 heavy (non-hydrogen) atoms. The molecule has 2 aromatic heterocycles. The molecule has 0 aliphatic rings. The first-order valence-electron chi connectivity index (χ1n) is 10.9. The average molecular weight is 489 g/mol. The van der Waals surface area contributed by atoms with Crippen LogP contribution in [0.2, 0.25) is 0 Å². The zero-order valence-corrected chi connectivity index (χ0v) is 20.0. The highest BCUT2D eigenvalue weighted by Gasteiger charge is 2.19. The summed E-state index contributed by atoms with van der Waals surface area (Å²) in [7, 11) is 3.13. The van der Waals surface area contributed by atoms with Gasteiger partial charge >= 0.3 is 5.69 Å². The van der Waals surface area contributed by atoms with E-state index in [0.29, 0.717) is 22.8 Å². The van der Waals surface area contributed by atoms with Crippen molar-refractivity contribution in [1.82, 2.24) is 25.5 Å². The van der Waals surface area contributed by atoms with Gasteiger partial charge in [0.1, 0.15) is 11.9 Å². The van der Waals surface area contributed by atoms with Crippen LogP contribution in [0.5, 0.6) is 5.75 Å². The van der Waals surface area contributed by atoms with Crippen LogP contribution in [0.25, 0.3) is 11.1 Å². The number of nitro groups is 1. The lowest BCUT2D eigenvalue weighted by atomic mass is 9.98. The Hall–Kier alpha value is -5.00. The molecule has 0 saturated heterocycles. The van der Waals surface area contributed by atoms with Crippen LogP contribution in [-0.2, 0) is 0 Å². The van der Waals surface area contributed by atoms with Crippen molar-refractivity contribution in [2.24, 2.45) is 0 Å². The Morgan fingerprint density at radius 2 is 1.86 bits per heavy atom. The summed E-state index contributed by atoms with van der Waals surface area (Å²) in [4.78, 5) is 31.1. The van der Waals surface area contributed by atoms with Gasteiger partial charge in [0.25, 0.3) is 5.91 Å². The zero-order chi connectivity index (χ0) is 25.8. The van der Waals surface area contributed by atoms with E-state index in [1.807, 2.05) is 38.1 Å². The largest absolute Gasteiger partial charge is 0.495 e. The van der Waals surface area contributed by atoms with Gasteiger partial charge in [0.2, 0.25) is 11.8 Å². The number of aromatic amines is 1. The molecule has 0 unspecified atom stereocenters. The van der Waals surface area contributed by atoms with E-state index >= 15 is 0 Å². The second kappa shape index (κ2) is 10.1. The molecule has 4 rings (SSSR count). The Labute approximate surface area is 206 Å². The van der Waals surface area contributed by atoms with E-state index in [4.69, 9.17) is 4.74 Å². The van der Waals surface area contributed by atoms with Crippen LogP contribution < -0.4 is 20.7 Å². The Morgan fingerprint density at radius 1 is 1.11 bits per heavy atom. The first-order chi connectivity index (χ1) is 17.3. The first kappa shape index (κ1) is 24.1. The second-order valence-corrected chi connectivity index (χ2v) is 7.89. The minimum Gasteiger partial charge on any atom is -0.495 e. The molecule has 0 bridgehead atoms. The predicted molar refractivity (Wildman–Crippen MR) is 135 cm³/mol. The van der Waals surface area contributed by atoms with Crippen LogP contribution in [0, 0.1) is 24.0 Å². The Bertz CT molecular complexity index is 1430. The lowest BCUT2D eigenvalue weighted by Gasteiger charge is -2.15. The number of anilines is 4. The number of hydrogen-bond acceptors (Lipinski definition) is 9. The maximum atomic E-state index is 11.8. The number of aryl methyl sites for hydroxylation is 2. The molecule has 1 amide bonds. The smallest absolute Gasteiger partial charge is 0.330 e. The molecule has 4 N–H and O–H groups in total. The molecule has 0 radical (unpaired) electrons. The minimum absolute atomic E-state index is 0.00693. The van der Waals surface area contributed by atoms with Crippen LogP contribution in [0.3, 0.4) is 0 Å². The molecule has 0 fully saturated rings. The summed E-state index contributed by atoms with van der Waals surface area (Å²) >= 11 is 0. The van der Waals surface area contributed by atoms with Gasteiger partial charge in [-0.05, 0) is 54.8 Å². The summed E-state index contributed by atoms with van der Waals surface area (Å²) in [6.07, 6.45) is 1.12. The molecule has 184 valence electrons. The average Bonchev–Trinajstić information content (AvgIpc) is 3.28. The highest BCUT2D eigenvalue weighted by molar-refractivity contribution is 5.94. The Morgan fingerprint density at radius 3 is 2.47 bits per heavy atom. The van der Waals surface area contributed by atoms with Crippen LogP contribution in [0.15, 0.2) is 48.7 Å². The molecule has 2 heterocycles. The summed E-state index contributed by atoms with van der Waals surface area (Å²) in [6.45, 7) is 3.75. The number of H-pyrrole nitrogens is 1. The maximum absolute atomic E-state index is 11.8. The quantitative estimate of drug-likeness (QED) is 0.210. The number of hydrogen-bond donors (Lipinski definition) is 4. The number of amides is 1. The van der Waals surface area contributed by atoms with E-state index in [9.17, 15) is 14.9 Å². The van der Waals surface area contributed by atoms with Crippen LogP contribution in [0.1, 0.15) is 21.6 Å². The lowest BCUT2D eigenvalue weighted by Crippen LogP contribution is -2.17. The van der Waals surface area contributed by atoms with Crippen molar-refractivity contribution in [3.8, 4) is 16.9 Å². The Balaban J connectivity index is 1.65. The summed E-state index contributed by atoms with van der Waals surface area (Å²) in [5.41, 5.74) is 4.40. The molecule has 0 spiro atoms. The predicted octanol–water partition coefficient (Wildman–Crippen LogP) is 4.25. The van der Waals surface area contributed by atoms with E-state index < -0.39 is 4.92 Å². The van der Waals surface area contributed by atoms with E-state index in [1.54, 1.807) is 25.2 Å². The lowest BCUT2D eigenvalue weighted by molar-refractivity contribution is -0.384. The van der Waals surface area contributed by atoms with Crippen LogP contribution in [-0.4, -0.2) is 45.2 Å². The fourth-order valence-electron chi connectivity index (χ4n) is 3.60. The molecule has 0 saturated carbocycles. The number of nitrogens with one attached hydrogen (secondary N) is 4. The molecule has 12 heteroatoms. The second-order valence-electron chi connectivity index (χ2n) is 7.89. The van der Waals surface area contributed by atoms with Crippen molar-refractivity contribution in [3.05, 3.63) is 75.6 Å². The molecule has 4 aromatic rings. The number of methoxy groups -OCH3 is 1. The third-order valence-electron chi connectivity index (χ3n) is 5.40. The number of carbonyl (C=O) groups excluding carboxylic acids is 1. The highest BCUT2D eigenvalue weighted by atomic mass is 16.6. The van der Waals surface area contributed by atoms with Crippen LogP contribution >= 0.6 is 0 Å². The fraction of sp³-hybridized carbons (Fsp3) is 0.167. The molecule has 12 nitrogen and oxygen atoms in total. The van der Waals surface area contributed by atoms with E-state index in [2.05, 4.69) is 36.1 Å². The fourth-order valence-corrected chi connectivity index (χ4v) is 3.60. The van der Waals surface area contributed by atoms with Crippen molar-refractivity contribution in [3.63, 3.8) is 0 Å². The summed E-state index contributed by atoms with van der Waals surface area (Å²) < 4.78 is 5.58. The Kier molecular flexibility index (Phi) is 6.77. The van der Waals surface area contributed by atoms with Gasteiger partial charge in [-0.3, -0.25) is 20.0 Å². The summed E-state index contributed by atoms with van der Waals surface area (Å²) in [6, 6.07) is 12.7. The van der Waals surface area contributed by atoms with E-state index in [1.165, 1.54) is 7.11 Å². The molecule has 2 aromatic carbocycles. The zero-order valence-electron chi connectivity index (χ0n) is 20.0. The minimum atomic E-state index is -0.569. The van der Waals surface area contributed by atoms with Gasteiger partial charge in [-0.15, -0.1) is 0 Å². The molecule has 0 aliphatic carbocycles. The van der Waals surface area contributed by atoms with Gasteiger partial charge in [0, 0.05) is 24.4 Å². The van der Waals surface area contributed by atoms with Gasteiger partial charge in [-0.25, -0.2) is 4.98 Å². The monoisotopic (exact) mass is 488 g/mol. The number of aromatic nitrogens is 4. The van der Waals surface area contributed by atoms with Crippen LogP contribution in [0.4, 0.5) is 29.0 Å². The normalized spacial score (nSPS) is 10.6. The number of benzene rings is 2. The molecule has 0 aliphatic heterocycles. The van der Waals surface area contributed by atoms with Gasteiger partial charge in [-0.1, -0.05) is 12.1 Å². The van der Waals surface area contributed by atoms with Crippen molar-refractivity contribution in [1.29, 1.82) is 0 Å².